The van der Waals surface area contributed by atoms with Crippen LogP contribution in [0.5, 0.6) is 0 Å². The number of nitro benzene ring substituents is 1. The van der Waals surface area contributed by atoms with Gasteiger partial charge in [0.1, 0.15) is 17.6 Å². The number of non-ortho nitro benzene ring substituents is 1. The number of amides is 1. The van der Waals surface area contributed by atoms with Gasteiger partial charge in [0.25, 0.3) is 17.4 Å². The number of nitrogens with zero attached hydrogens (tertiary/aromatic N) is 2. The maximum atomic E-state index is 13.2. The summed E-state index contributed by atoms with van der Waals surface area (Å²) in [6, 6.07) is 9.97. The summed E-state index contributed by atoms with van der Waals surface area (Å²) >= 11 is 0. The third kappa shape index (κ3) is 3.84. The van der Waals surface area contributed by atoms with Crippen molar-refractivity contribution in [2.24, 2.45) is 0 Å². The maximum absolute atomic E-state index is 13.2. The molecule has 8 nitrogen and oxygen atoms in total. The van der Waals surface area contributed by atoms with Crippen LogP contribution in [0, 0.1) is 10.1 Å². The molecule has 1 aliphatic heterocycles. The third-order valence-electron chi connectivity index (χ3n) is 5.04. The Morgan fingerprint density at radius 3 is 2.42 bits per heavy atom. The van der Waals surface area contributed by atoms with Crippen LogP contribution in [-0.2, 0) is 15.8 Å². The van der Waals surface area contributed by atoms with E-state index in [2.05, 4.69) is 0 Å². The fraction of sp³-hybridized carbons (Fsp3) is 0.0909. The summed E-state index contributed by atoms with van der Waals surface area (Å²) in [5.74, 6) is -3.10. The molecule has 1 atom stereocenters. The van der Waals surface area contributed by atoms with Crippen molar-refractivity contribution < 1.29 is 37.2 Å². The average molecular weight is 458 g/mol. The number of halogens is 3. The summed E-state index contributed by atoms with van der Waals surface area (Å²) in [6.45, 7) is 0. The zero-order chi connectivity index (χ0) is 23.9. The average Bonchev–Trinajstić information content (AvgIpc) is 3.40. The van der Waals surface area contributed by atoms with Gasteiger partial charge in [0.15, 0.2) is 0 Å². The molecular weight excluding hydrogens is 445 g/mol. The number of aliphatic hydroxyl groups excluding tert-OH is 1. The number of anilines is 1. The van der Waals surface area contributed by atoms with Crippen molar-refractivity contribution in [2.45, 2.75) is 12.2 Å². The van der Waals surface area contributed by atoms with Crippen LogP contribution in [0.4, 0.5) is 24.5 Å². The molecule has 168 valence electrons. The zero-order valence-corrected chi connectivity index (χ0v) is 16.4. The van der Waals surface area contributed by atoms with Gasteiger partial charge in [-0.15, -0.1) is 0 Å². The molecule has 1 fully saturated rings. The lowest BCUT2D eigenvalue weighted by molar-refractivity contribution is -0.384. The summed E-state index contributed by atoms with van der Waals surface area (Å²) < 4.78 is 45.0. The first-order valence-corrected chi connectivity index (χ1v) is 9.36. The molecule has 1 aromatic heterocycles. The first kappa shape index (κ1) is 21.8. The van der Waals surface area contributed by atoms with Crippen molar-refractivity contribution >= 4 is 28.8 Å². The standard InChI is InChI=1S/C22H13F3N2O6/c23-22(24,25)13-5-2-6-14(11-13)26-18(16-8-3-9-33-16)17(20(29)21(26)30)19(28)12-4-1-7-15(10-12)27(31)32/h1-11,18,28H/b19-17-. The van der Waals surface area contributed by atoms with E-state index in [0.29, 0.717) is 6.07 Å². The van der Waals surface area contributed by atoms with E-state index in [1.807, 2.05) is 0 Å². The lowest BCUT2D eigenvalue weighted by Crippen LogP contribution is -2.29. The normalized spacial score (nSPS) is 18.0. The molecule has 1 saturated heterocycles. The lowest BCUT2D eigenvalue weighted by Gasteiger charge is -2.24. The molecule has 2 aromatic carbocycles. The van der Waals surface area contributed by atoms with Crippen LogP contribution >= 0.6 is 0 Å². The summed E-state index contributed by atoms with van der Waals surface area (Å²) in [5, 5.41) is 22.0. The lowest BCUT2D eigenvalue weighted by atomic mass is 9.99. The molecule has 0 spiro atoms. The molecule has 1 amide bonds. The van der Waals surface area contributed by atoms with Crippen molar-refractivity contribution in [2.75, 3.05) is 4.90 Å². The van der Waals surface area contributed by atoms with Gasteiger partial charge in [0.05, 0.1) is 22.3 Å². The maximum Gasteiger partial charge on any atom is 0.416 e. The van der Waals surface area contributed by atoms with Gasteiger partial charge in [-0.3, -0.25) is 24.6 Å². The number of alkyl halides is 3. The van der Waals surface area contributed by atoms with Crippen LogP contribution in [0.3, 0.4) is 0 Å². The smallest absolute Gasteiger partial charge is 0.416 e. The number of carbonyl (C=O) groups is 2. The van der Waals surface area contributed by atoms with Crippen molar-refractivity contribution in [3.05, 3.63) is 99.5 Å². The Labute approximate surface area is 183 Å². The van der Waals surface area contributed by atoms with Crippen molar-refractivity contribution in [3.63, 3.8) is 0 Å². The Morgan fingerprint density at radius 2 is 1.79 bits per heavy atom. The van der Waals surface area contributed by atoms with E-state index in [1.54, 1.807) is 0 Å². The quantitative estimate of drug-likeness (QED) is 0.197. The summed E-state index contributed by atoms with van der Waals surface area (Å²) in [7, 11) is 0. The second-order valence-corrected chi connectivity index (χ2v) is 7.04. The van der Waals surface area contributed by atoms with Gasteiger partial charge in [-0.25, -0.2) is 0 Å². The van der Waals surface area contributed by atoms with Gasteiger partial charge in [0, 0.05) is 23.4 Å². The van der Waals surface area contributed by atoms with Gasteiger partial charge in [0.2, 0.25) is 0 Å². The van der Waals surface area contributed by atoms with Crippen molar-refractivity contribution in [1.82, 2.24) is 0 Å². The van der Waals surface area contributed by atoms with Crippen LogP contribution in [0.15, 0.2) is 76.9 Å². The van der Waals surface area contributed by atoms with E-state index in [1.165, 1.54) is 42.7 Å². The molecular formula is C22H13F3N2O6. The predicted octanol–water partition coefficient (Wildman–Crippen LogP) is 4.83. The van der Waals surface area contributed by atoms with Gasteiger partial charge in [-0.1, -0.05) is 18.2 Å². The molecule has 3 aromatic rings. The molecule has 1 aliphatic rings. The molecule has 0 saturated carbocycles. The van der Waals surface area contributed by atoms with Crippen LogP contribution in [0.1, 0.15) is 22.9 Å². The van der Waals surface area contributed by atoms with Gasteiger partial charge in [-0.05, 0) is 30.3 Å². The number of Topliss-reactive ketones (excluding diaryl/α,β-unsaturated/α-hetero) is 1. The van der Waals surface area contributed by atoms with Crippen LogP contribution in [0.2, 0.25) is 0 Å². The van der Waals surface area contributed by atoms with Crippen molar-refractivity contribution in [3.8, 4) is 0 Å². The Morgan fingerprint density at radius 1 is 1.06 bits per heavy atom. The number of rotatable bonds is 4. The summed E-state index contributed by atoms with van der Waals surface area (Å²) in [4.78, 5) is 37.0. The predicted molar refractivity (Wildman–Crippen MR) is 108 cm³/mol. The minimum atomic E-state index is -4.70. The van der Waals surface area contributed by atoms with Crippen molar-refractivity contribution in [1.29, 1.82) is 0 Å². The minimum absolute atomic E-state index is 0.00130. The number of furan rings is 1. The van der Waals surface area contributed by atoms with Crippen LogP contribution in [-0.4, -0.2) is 21.7 Å². The Balaban J connectivity index is 1.92. The molecule has 11 heteroatoms. The molecule has 0 radical (unpaired) electrons. The van der Waals surface area contributed by atoms with E-state index in [-0.39, 0.29) is 22.7 Å². The third-order valence-corrected chi connectivity index (χ3v) is 5.04. The van der Waals surface area contributed by atoms with Gasteiger partial charge >= 0.3 is 6.18 Å². The highest BCUT2D eigenvalue weighted by molar-refractivity contribution is 6.51. The molecule has 4 rings (SSSR count). The summed E-state index contributed by atoms with van der Waals surface area (Å²) in [5.41, 5.74) is -2.26. The number of aliphatic hydroxyl groups is 1. The molecule has 2 heterocycles. The van der Waals surface area contributed by atoms with Gasteiger partial charge in [-0.2, -0.15) is 13.2 Å². The fourth-order valence-corrected chi connectivity index (χ4v) is 3.57. The highest BCUT2D eigenvalue weighted by atomic mass is 19.4. The first-order valence-electron chi connectivity index (χ1n) is 9.36. The second kappa shape index (κ2) is 7.93. The summed E-state index contributed by atoms with van der Waals surface area (Å²) in [6.07, 6.45) is -3.47. The molecule has 0 aliphatic carbocycles. The first-order chi connectivity index (χ1) is 15.6. The Hall–Kier alpha value is -4.41. The van der Waals surface area contributed by atoms with Crippen LogP contribution in [0.25, 0.3) is 5.76 Å². The number of hydrogen-bond donors (Lipinski definition) is 1. The minimum Gasteiger partial charge on any atom is -0.507 e. The SMILES string of the molecule is O=C1C(=O)N(c2cccc(C(F)(F)F)c2)C(c2ccco2)/C1=C(/O)c1cccc([N+](=O)[O-])c1. The number of nitro groups is 1. The molecule has 0 bridgehead atoms. The Kier molecular flexibility index (Phi) is 5.24. The largest absolute Gasteiger partial charge is 0.507 e. The molecule has 1 unspecified atom stereocenters. The monoisotopic (exact) mass is 458 g/mol. The topological polar surface area (TPSA) is 114 Å². The van der Waals surface area contributed by atoms with E-state index in [0.717, 1.165) is 23.1 Å². The molecule has 33 heavy (non-hydrogen) atoms. The highest BCUT2D eigenvalue weighted by Crippen LogP contribution is 2.43. The second-order valence-electron chi connectivity index (χ2n) is 7.04. The van der Waals surface area contributed by atoms with Crippen LogP contribution < -0.4 is 4.90 Å². The van der Waals surface area contributed by atoms with E-state index >= 15 is 0 Å². The number of benzene rings is 2. The van der Waals surface area contributed by atoms with E-state index in [4.69, 9.17) is 4.42 Å². The van der Waals surface area contributed by atoms with E-state index in [9.17, 15) is 38.0 Å². The number of hydrogen-bond acceptors (Lipinski definition) is 6. The zero-order valence-electron chi connectivity index (χ0n) is 16.4. The van der Waals surface area contributed by atoms with E-state index < -0.39 is 45.7 Å². The number of ketones is 1. The Bertz CT molecular complexity index is 1300. The fourth-order valence-electron chi connectivity index (χ4n) is 3.57. The number of carbonyl (C=O) groups excluding carboxylic acids is 2. The highest BCUT2D eigenvalue weighted by Gasteiger charge is 2.48. The molecule has 1 N–H and O–H groups in total. The van der Waals surface area contributed by atoms with Gasteiger partial charge < -0.3 is 9.52 Å².